The minimum absolute atomic E-state index is 0. The van der Waals surface area contributed by atoms with Crippen LogP contribution in [0.3, 0.4) is 0 Å². The van der Waals surface area contributed by atoms with Gasteiger partial charge in [0, 0.05) is 5.56 Å². The van der Waals surface area contributed by atoms with Crippen molar-refractivity contribution in [2.24, 2.45) is 0 Å². The zero-order valence-electron chi connectivity index (χ0n) is 8.74. The van der Waals surface area contributed by atoms with Crippen LogP contribution >= 0.6 is 0 Å². The molecule has 0 bridgehead atoms. The maximum Gasteiger partial charge on any atom is 0.235 e. The predicted molar refractivity (Wildman–Crippen MR) is 51.0 cm³/mol. The first-order chi connectivity index (χ1) is 5.08. The molecule has 0 saturated heterocycles. The van der Waals surface area contributed by atoms with Crippen LogP contribution < -0.4 is 48.8 Å². The van der Waals surface area contributed by atoms with E-state index in [1.54, 1.807) is 0 Å². The van der Waals surface area contributed by atoms with Gasteiger partial charge in [-0.15, -0.1) is 0 Å². The van der Waals surface area contributed by atoms with Crippen molar-refractivity contribution in [1.82, 2.24) is 0 Å². The third kappa shape index (κ3) is 9.06. The Labute approximate surface area is 116 Å². The highest BCUT2D eigenvalue weighted by molar-refractivity contribution is 5.13. The van der Waals surface area contributed by atoms with Crippen molar-refractivity contribution in [2.45, 2.75) is 6.54 Å². The maximum absolute atomic E-state index is 2.20. The predicted octanol–water partition coefficient (Wildman–Crippen LogP) is -7.63. The second-order valence-corrected chi connectivity index (χ2v) is 3.93. The molecule has 0 N–H and O–H groups in total. The van der Waals surface area contributed by atoms with Gasteiger partial charge in [-0.1, -0.05) is 30.3 Å². The molecule has 0 atom stereocenters. The Hall–Kier alpha value is 0.490. The van der Waals surface area contributed by atoms with Gasteiger partial charge < -0.3 is 29.3 Å². The quantitative estimate of drug-likeness (QED) is 0.367. The summed E-state index contributed by atoms with van der Waals surface area (Å²) in [6, 6.07) is 10.6. The van der Waals surface area contributed by atoms with Crippen LogP contribution in [0.4, 0.5) is 0 Å². The van der Waals surface area contributed by atoms with Gasteiger partial charge in [0.25, 0.3) is 0 Å². The fourth-order valence-electron chi connectivity index (χ4n) is 1.13. The Morgan fingerprint density at radius 1 is 0.929 bits per heavy atom. The van der Waals surface area contributed by atoms with Gasteiger partial charge in [0.05, 0.1) is 21.1 Å². The molecular formula is C10H18Cl2IN. The molecule has 84 valence electrons. The number of nitrogens with zero attached hydrogens (tertiary/aromatic N) is 1. The van der Waals surface area contributed by atoms with Gasteiger partial charge in [-0.05, 0) is 0 Å². The second-order valence-electron chi connectivity index (χ2n) is 3.93. The van der Waals surface area contributed by atoms with Crippen molar-refractivity contribution in [2.75, 3.05) is 21.1 Å². The molecule has 0 aliphatic heterocycles. The van der Waals surface area contributed by atoms with Crippen molar-refractivity contribution in [1.29, 1.82) is 0 Å². The smallest absolute Gasteiger partial charge is 0.235 e. The lowest BCUT2D eigenvalue weighted by Gasteiger charge is -2.23. The lowest BCUT2D eigenvalue weighted by atomic mass is 10.2. The third-order valence-electron chi connectivity index (χ3n) is 1.50. The number of rotatable bonds is 2. The molecule has 4 heteroatoms. The van der Waals surface area contributed by atoms with Gasteiger partial charge in [0.15, 0.2) is 0 Å². The molecule has 0 aliphatic rings. The summed E-state index contributed by atoms with van der Waals surface area (Å²) in [5, 5.41) is 0. The summed E-state index contributed by atoms with van der Waals surface area (Å²) in [5.74, 6) is 0. The van der Waals surface area contributed by atoms with E-state index in [0.29, 0.717) is 0 Å². The zero-order chi connectivity index (χ0) is 8.32. The average molecular weight is 350 g/mol. The first-order valence-corrected chi connectivity index (χ1v) is 3.92. The number of quaternary nitrogens is 1. The average Bonchev–Trinajstić information content (AvgIpc) is 1.85. The first-order valence-electron chi connectivity index (χ1n) is 3.92. The number of benzene rings is 1. The van der Waals surface area contributed by atoms with Crippen molar-refractivity contribution < 1.29 is 53.3 Å². The molecule has 0 amide bonds. The molecule has 1 rings (SSSR count). The van der Waals surface area contributed by atoms with Crippen LogP contribution in [0.5, 0.6) is 0 Å². The molecule has 0 unspecified atom stereocenters. The molecular weight excluding hydrogens is 332 g/mol. The normalized spacial score (nSPS) is 9.07. The lowest BCUT2D eigenvalue weighted by Crippen LogP contribution is -3.00. The van der Waals surface area contributed by atoms with Gasteiger partial charge in [-0.2, -0.15) is 0 Å². The second kappa shape index (κ2) is 8.77. The van der Waals surface area contributed by atoms with Gasteiger partial charge in [0.2, 0.25) is 24.0 Å². The summed E-state index contributed by atoms with van der Waals surface area (Å²) in [4.78, 5) is 0. The number of halogens is 3. The van der Waals surface area contributed by atoms with Crippen LogP contribution in [-0.2, 0) is 6.54 Å². The minimum Gasteiger partial charge on any atom is -1.00 e. The van der Waals surface area contributed by atoms with Crippen LogP contribution in [0.15, 0.2) is 30.3 Å². The molecule has 0 saturated carbocycles. The van der Waals surface area contributed by atoms with Crippen molar-refractivity contribution >= 4 is 0 Å². The highest BCUT2D eigenvalue weighted by Crippen LogP contribution is 2.04. The lowest BCUT2D eigenvalue weighted by molar-refractivity contribution is -0.884. The van der Waals surface area contributed by atoms with Crippen LogP contribution in [0.2, 0.25) is 0 Å². The molecule has 0 heterocycles. The van der Waals surface area contributed by atoms with Crippen LogP contribution in [0.25, 0.3) is 0 Å². The van der Waals surface area contributed by atoms with Crippen molar-refractivity contribution in [3.05, 3.63) is 35.9 Å². The molecule has 1 nitrogen and oxygen atoms in total. The largest absolute Gasteiger partial charge is 1.00 e. The van der Waals surface area contributed by atoms with E-state index in [0.717, 1.165) is 11.0 Å². The van der Waals surface area contributed by atoms with Gasteiger partial charge in [-0.3, -0.25) is 0 Å². The zero-order valence-corrected chi connectivity index (χ0v) is 12.8. The van der Waals surface area contributed by atoms with E-state index >= 15 is 0 Å². The number of hydrogen-bond donors (Lipinski definition) is 0. The monoisotopic (exact) mass is 349 g/mol. The number of hydrogen-bond acceptors (Lipinski definition) is 0. The van der Waals surface area contributed by atoms with Crippen LogP contribution in [-0.4, -0.2) is 25.6 Å². The van der Waals surface area contributed by atoms with E-state index in [1.165, 1.54) is 5.56 Å². The molecule has 1 aromatic carbocycles. The molecule has 0 radical (unpaired) electrons. The Balaban J connectivity index is -0.000000403. The summed E-state index contributed by atoms with van der Waals surface area (Å²) in [5.41, 5.74) is 1.40. The highest BCUT2D eigenvalue weighted by atomic mass is 127. The molecule has 0 fully saturated rings. The molecule has 1 aromatic rings. The maximum atomic E-state index is 2.20. The Morgan fingerprint density at radius 3 is 1.71 bits per heavy atom. The molecule has 0 aliphatic carbocycles. The molecule has 14 heavy (non-hydrogen) atoms. The van der Waals surface area contributed by atoms with Crippen molar-refractivity contribution in [3.8, 4) is 0 Å². The minimum atomic E-state index is 0. The first kappa shape index (κ1) is 20.0. The summed E-state index contributed by atoms with van der Waals surface area (Å²) in [6.07, 6.45) is 0. The van der Waals surface area contributed by atoms with E-state index in [2.05, 4.69) is 51.5 Å². The van der Waals surface area contributed by atoms with E-state index in [-0.39, 0.29) is 48.8 Å². The van der Waals surface area contributed by atoms with E-state index in [4.69, 9.17) is 0 Å². The molecule has 0 aromatic heterocycles. The summed E-state index contributed by atoms with van der Waals surface area (Å²) >= 11 is 0. The van der Waals surface area contributed by atoms with Gasteiger partial charge in [-0.25, -0.2) is 0 Å². The SMILES string of the molecule is C[N+](C)(C)Cc1ccccc1.[Cl-].[Cl-].[IH2+]. The Morgan fingerprint density at radius 2 is 1.36 bits per heavy atom. The van der Waals surface area contributed by atoms with Crippen LogP contribution in [0.1, 0.15) is 5.56 Å². The summed E-state index contributed by atoms with van der Waals surface area (Å²) < 4.78 is 0.990. The summed E-state index contributed by atoms with van der Waals surface area (Å²) in [7, 11) is 6.60. The molecule has 0 spiro atoms. The van der Waals surface area contributed by atoms with E-state index < -0.39 is 0 Å². The fourth-order valence-corrected chi connectivity index (χ4v) is 1.13. The summed E-state index contributed by atoms with van der Waals surface area (Å²) in [6.45, 7) is 1.10. The third-order valence-corrected chi connectivity index (χ3v) is 1.50. The standard InChI is InChI=1S/C10H16N.2ClH.H2I/c1-11(2,3)9-10-7-5-4-6-8-10;;;/h4-8H,9H2,1-3H3;2*1H;1H2/q+1;;;+1/p-2. The van der Waals surface area contributed by atoms with Crippen molar-refractivity contribution in [3.63, 3.8) is 0 Å². The topological polar surface area (TPSA) is 0 Å². The fraction of sp³-hybridized carbons (Fsp3) is 0.400. The van der Waals surface area contributed by atoms with Gasteiger partial charge in [0.1, 0.15) is 6.54 Å². The Bertz CT molecular complexity index is 221. The van der Waals surface area contributed by atoms with E-state index in [9.17, 15) is 0 Å². The van der Waals surface area contributed by atoms with Gasteiger partial charge >= 0.3 is 0 Å². The van der Waals surface area contributed by atoms with E-state index in [1.807, 2.05) is 0 Å². The van der Waals surface area contributed by atoms with Crippen LogP contribution in [0, 0.1) is 0 Å². The Kier molecular flexibility index (Phi) is 12.5. The highest BCUT2D eigenvalue weighted by Gasteiger charge is 2.06.